The Hall–Kier alpha value is -3.72. The van der Waals surface area contributed by atoms with Crippen molar-refractivity contribution in [2.24, 2.45) is 11.7 Å². The molecule has 0 saturated carbocycles. The van der Waals surface area contributed by atoms with Gasteiger partial charge >= 0.3 is 6.03 Å². The van der Waals surface area contributed by atoms with Crippen LogP contribution in [0.4, 0.5) is 10.6 Å². The average Bonchev–Trinajstić information content (AvgIpc) is 3.21. The standard InChI is InChI=1S/C19H25N9O3/c1-12-4-7-27(16(30)3-6-20)10-14(12)26(2)17-13-5-8-28(18(13)23-11-22-17)19(31)25-24-15(29)9-21/h5,8,11-12,14H,3-4,7,9-10,21H2,1-2H3,(H,24,29)(H,25,31)/t12-,14+/m1/s1. The number of hydrogen-bond acceptors (Lipinski definition) is 8. The maximum absolute atomic E-state index is 12.4. The second-order valence-corrected chi connectivity index (χ2v) is 7.42. The Morgan fingerprint density at radius 3 is 2.84 bits per heavy atom. The van der Waals surface area contributed by atoms with E-state index in [1.165, 1.54) is 17.1 Å². The van der Waals surface area contributed by atoms with Gasteiger partial charge in [0.1, 0.15) is 18.6 Å². The average molecular weight is 427 g/mol. The number of amides is 3. The maximum Gasteiger partial charge on any atom is 0.345 e. The topological polar surface area (TPSA) is 162 Å². The van der Waals surface area contributed by atoms with Crippen molar-refractivity contribution in [1.29, 1.82) is 5.26 Å². The molecule has 0 radical (unpaired) electrons. The van der Waals surface area contributed by atoms with Crippen LogP contribution in [0.5, 0.6) is 0 Å². The van der Waals surface area contributed by atoms with Crippen molar-refractivity contribution in [3.63, 3.8) is 0 Å². The summed E-state index contributed by atoms with van der Waals surface area (Å²) in [6.07, 6.45) is 3.57. The zero-order chi connectivity index (χ0) is 22.5. The Bertz CT molecular complexity index is 1030. The largest absolute Gasteiger partial charge is 0.354 e. The first kappa shape index (κ1) is 22.0. The van der Waals surface area contributed by atoms with Gasteiger partial charge in [-0.3, -0.25) is 19.6 Å². The summed E-state index contributed by atoms with van der Waals surface area (Å²) >= 11 is 0. The molecule has 164 valence electrons. The number of likely N-dealkylation sites (N-methyl/N-ethyl adjacent to an activating group) is 1. The number of anilines is 1. The zero-order valence-corrected chi connectivity index (χ0v) is 17.4. The Balaban J connectivity index is 1.84. The first-order chi connectivity index (χ1) is 14.9. The van der Waals surface area contributed by atoms with E-state index in [-0.39, 0.29) is 30.8 Å². The molecular formula is C19H25N9O3. The Kier molecular flexibility index (Phi) is 6.66. The number of nitrogens with two attached hydrogens (primary N) is 1. The van der Waals surface area contributed by atoms with E-state index < -0.39 is 11.9 Å². The number of hydrazine groups is 1. The fraction of sp³-hybridized carbons (Fsp3) is 0.474. The summed E-state index contributed by atoms with van der Waals surface area (Å²) in [6.45, 7) is 2.97. The molecule has 3 heterocycles. The van der Waals surface area contributed by atoms with E-state index in [0.29, 0.717) is 29.9 Å². The number of nitrogens with zero attached hydrogens (tertiary/aromatic N) is 6. The molecule has 0 aromatic carbocycles. The second-order valence-electron chi connectivity index (χ2n) is 7.42. The van der Waals surface area contributed by atoms with E-state index in [2.05, 4.69) is 27.7 Å². The normalized spacial score (nSPS) is 18.3. The van der Waals surface area contributed by atoms with Crippen LogP contribution in [0, 0.1) is 17.2 Å². The monoisotopic (exact) mass is 427 g/mol. The van der Waals surface area contributed by atoms with E-state index >= 15 is 0 Å². The number of nitriles is 1. The summed E-state index contributed by atoms with van der Waals surface area (Å²) in [4.78, 5) is 48.2. The van der Waals surface area contributed by atoms with Gasteiger partial charge in [-0.15, -0.1) is 0 Å². The van der Waals surface area contributed by atoms with E-state index in [1.807, 2.05) is 18.0 Å². The smallest absolute Gasteiger partial charge is 0.345 e. The summed E-state index contributed by atoms with van der Waals surface area (Å²) in [5.74, 6) is 0.205. The molecule has 1 saturated heterocycles. The first-order valence-corrected chi connectivity index (χ1v) is 9.86. The van der Waals surface area contributed by atoms with Crippen LogP contribution in [-0.2, 0) is 9.59 Å². The fourth-order valence-corrected chi connectivity index (χ4v) is 3.73. The summed E-state index contributed by atoms with van der Waals surface area (Å²) in [5.41, 5.74) is 10.1. The molecule has 0 spiro atoms. The van der Waals surface area contributed by atoms with Gasteiger partial charge in [-0.1, -0.05) is 6.92 Å². The van der Waals surface area contributed by atoms with Crippen LogP contribution < -0.4 is 21.5 Å². The van der Waals surface area contributed by atoms with E-state index in [4.69, 9.17) is 11.0 Å². The fourth-order valence-electron chi connectivity index (χ4n) is 3.73. The van der Waals surface area contributed by atoms with Crippen molar-refractivity contribution in [2.75, 3.05) is 31.6 Å². The van der Waals surface area contributed by atoms with Gasteiger partial charge in [0, 0.05) is 26.3 Å². The van der Waals surface area contributed by atoms with Crippen molar-refractivity contribution in [3.05, 3.63) is 18.6 Å². The minimum absolute atomic E-state index is 0.0180. The number of nitrogens with one attached hydrogen (secondary N) is 2. The lowest BCUT2D eigenvalue weighted by Crippen LogP contribution is -2.52. The minimum Gasteiger partial charge on any atom is -0.354 e. The molecule has 12 nitrogen and oxygen atoms in total. The van der Waals surface area contributed by atoms with Gasteiger partial charge in [0.15, 0.2) is 5.65 Å². The Morgan fingerprint density at radius 2 is 2.13 bits per heavy atom. The molecule has 0 bridgehead atoms. The summed E-state index contributed by atoms with van der Waals surface area (Å²) < 4.78 is 1.26. The lowest BCUT2D eigenvalue weighted by molar-refractivity contribution is -0.131. The highest BCUT2D eigenvalue weighted by molar-refractivity contribution is 5.95. The van der Waals surface area contributed by atoms with Gasteiger partial charge in [-0.25, -0.2) is 20.2 Å². The highest BCUT2D eigenvalue weighted by Gasteiger charge is 2.32. The Labute approximate surface area is 179 Å². The highest BCUT2D eigenvalue weighted by atomic mass is 16.2. The zero-order valence-electron chi connectivity index (χ0n) is 17.4. The molecule has 2 aromatic heterocycles. The third kappa shape index (κ3) is 4.56. The summed E-state index contributed by atoms with van der Waals surface area (Å²) in [5, 5.41) is 9.48. The molecule has 2 aromatic rings. The molecule has 1 aliphatic rings. The lowest BCUT2D eigenvalue weighted by atomic mass is 9.92. The molecule has 2 atom stereocenters. The number of carbonyl (C=O) groups excluding carboxylic acids is 3. The number of fused-ring (bicyclic) bond motifs is 1. The maximum atomic E-state index is 12.4. The van der Waals surface area contributed by atoms with Crippen LogP contribution in [0.15, 0.2) is 18.6 Å². The van der Waals surface area contributed by atoms with Crippen LogP contribution in [0.1, 0.15) is 19.8 Å². The molecule has 3 rings (SSSR count). The predicted octanol–water partition coefficient (Wildman–Crippen LogP) is -0.434. The third-order valence-electron chi connectivity index (χ3n) is 5.51. The second kappa shape index (κ2) is 9.40. The minimum atomic E-state index is -0.594. The number of likely N-dealkylation sites (tertiary alicyclic amines) is 1. The molecule has 31 heavy (non-hydrogen) atoms. The lowest BCUT2D eigenvalue weighted by Gasteiger charge is -2.42. The van der Waals surface area contributed by atoms with Gasteiger partial charge in [-0.2, -0.15) is 5.26 Å². The predicted molar refractivity (Wildman–Crippen MR) is 111 cm³/mol. The molecular weight excluding hydrogens is 402 g/mol. The number of hydrogen-bond donors (Lipinski definition) is 3. The van der Waals surface area contributed by atoms with Gasteiger partial charge in [0.2, 0.25) is 5.91 Å². The van der Waals surface area contributed by atoms with E-state index in [1.54, 1.807) is 11.0 Å². The van der Waals surface area contributed by atoms with Gasteiger partial charge in [-0.05, 0) is 18.4 Å². The molecule has 0 unspecified atom stereocenters. The highest BCUT2D eigenvalue weighted by Crippen LogP contribution is 2.29. The van der Waals surface area contributed by atoms with Crippen molar-refractivity contribution in [3.8, 4) is 6.07 Å². The number of aromatic nitrogens is 3. The molecule has 1 fully saturated rings. The van der Waals surface area contributed by atoms with Crippen LogP contribution in [0.2, 0.25) is 0 Å². The summed E-state index contributed by atoms with van der Waals surface area (Å²) in [7, 11) is 1.89. The third-order valence-corrected chi connectivity index (χ3v) is 5.51. The number of carbonyl (C=O) groups is 3. The van der Waals surface area contributed by atoms with Gasteiger partial charge in [0.25, 0.3) is 5.91 Å². The van der Waals surface area contributed by atoms with E-state index in [9.17, 15) is 14.4 Å². The van der Waals surface area contributed by atoms with Crippen molar-refractivity contribution >= 4 is 34.7 Å². The SMILES string of the molecule is C[C@@H]1CCN(C(=O)CC#N)C[C@@H]1N(C)c1ncnc2c1ccn2C(=O)NNC(=O)CN. The molecule has 1 aliphatic heterocycles. The van der Waals surface area contributed by atoms with Crippen LogP contribution >= 0.6 is 0 Å². The van der Waals surface area contributed by atoms with Crippen molar-refractivity contribution in [2.45, 2.75) is 25.8 Å². The van der Waals surface area contributed by atoms with Crippen molar-refractivity contribution < 1.29 is 14.4 Å². The quantitative estimate of drug-likeness (QED) is 0.553. The van der Waals surface area contributed by atoms with Crippen LogP contribution in [0.3, 0.4) is 0 Å². The first-order valence-electron chi connectivity index (χ1n) is 9.86. The van der Waals surface area contributed by atoms with E-state index in [0.717, 1.165) is 6.42 Å². The molecule has 3 amide bonds. The molecule has 4 N–H and O–H groups in total. The van der Waals surface area contributed by atoms with Crippen LogP contribution in [-0.4, -0.2) is 70.0 Å². The van der Waals surface area contributed by atoms with Gasteiger partial charge < -0.3 is 15.5 Å². The molecule has 12 heteroatoms. The van der Waals surface area contributed by atoms with Crippen LogP contribution in [0.25, 0.3) is 11.0 Å². The Morgan fingerprint density at radius 1 is 1.35 bits per heavy atom. The van der Waals surface area contributed by atoms with Crippen molar-refractivity contribution in [1.82, 2.24) is 30.3 Å². The number of rotatable bonds is 4. The molecule has 0 aliphatic carbocycles. The number of piperidine rings is 1. The summed E-state index contributed by atoms with van der Waals surface area (Å²) in [6, 6.07) is 3.02. The van der Waals surface area contributed by atoms with Gasteiger partial charge in [0.05, 0.1) is 24.0 Å².